The molecule has 0 saturated heterocycles. The van der Waals surface area contributed by atoms with Gasteiger partial charge in [0.15, 0.2) is 5.76 Å². The van der Waals surface area contributed by atoms with Crippen molar-refractivity contribution in [2.45, 2.75) is 6.54 Å². The monoisotopic (exact) mass is 349 g/mol. The van der Waals surface area contributed by atoms with Crippen LogP contribution in [0.5, 0.6) is 0 Å². The first-order valence-electron chi connectivity index (χ1n) is 7.83. The van der Waals surface area contributed by atoms with Crippen LogP contribution >= 0.6 is 0 Å². The Morgan fingerprint density at radius 2 is 1.81 bits per heavy atom. The summed E-state index contributed by atoms with van der Waals surface area (Å²) < 4.78 is 5.02. The molecule has 1 amide bonds. The highest BCUT2D eigenvalue weighted by molar-refractivity contribution is 5.99. The molecule has 3 aromatic rings. The third kappa shape index (κ3) is 4.21. The number of nitrogens with zero attached hydrogens (tertiary/aromatic N) is 2. The van der Waals surface area contributed by atoms with E-state index in [9.17, 15) is 14.9 Å². The van der Waals surface area contributed by atoms with Crippen molar-refractivity contribution in [3.63, 3.8) is 0 Å². The molecular weight excluding hydrogens is 334 g/mol. The predicted octanol–water partition coefficient (Wildman–Crippen LogP) is 3.87. The second-order valence-electron chi connectivity index (χ2n) is 5.38. The van der Waals surface area contributed by atoms with Crippen molar-refractivity contribution in [1.82, 2.24) is 5.32 Å². The van der Waals surface area contributed by atoms with E-state index in [0.717, 1.165) is 5.56 Å². The Labute approximate surface area is 149 Å². The van der Waals surface area contributed by atoms with Gasteiger partial charge in [0, 0.05) is 6.54 Å². The molecule has 7 nitrogen and oxygen atoms in total. The van der Waals surface area contributed by atoms with Crippen LogP contribution in [0.3, 0.4) is 0 Å². The SMILES string of the molecule is O=C(NCc1ccccc1)c1ccccc1N=Cc1ccc([N+](=O)[O-])o1. The van der Waals surface area contributed by atoms with Crippen molar-refractivity contribution in [2.75, 3.05) is 0 Å². The van der Waals surface area contributed by atoms with Gasteiger partial charge in [0.2, 0.25) is 0 Å². The van der Waals surface area contributed by atoms with Gasteiger partial charge in [-0.3, -0.25) is 19.9 Å². The fourth-order valence-corrected chi connectivity index (χ4v) is 2.29. The lowest BCUT2D eigenvalue weighted by Crippen LogP contribution is -2.22. The molecule has 0 aliphatic carbocycles. The number of benzene rings is 2. The summed E-state index contributed by atoms with van der Waals surface area (Å²) in [7, 11) is 0. The van der Waals surface area contributed by atoms with Gasteiger partial charge in [-0.2, -0.15) is 0 Å². The third-order valence-corrected chi connectivity index (χ3v) is 3.57. The number of rotatable bonds is 6. The van der Waals surface area contributed by atoms with Gasteiger partial charge >= 0.3 is 5.88 Å². The number of aliphatic imine (C=N–C) groups is 1. The minimum absolute atomic E-state index is 0.233. The summed E-state index contributed by atoms with van der Waals surface area (Å²) >= 11 is 0. The van der Waals surface area contributed by atoms with Crippen LogP contribution in [0.4, 0.5) is 11.6 Å². The smallest absolute Gasteiger partial charge is 0.400 e. The van der Waals surface area contributed by atoms with E-state index < -0.39 is 4.92 Å². The highest BCUT2D eigenvalue weighted by atomic mass is 16.6. The van der Waals surface area contributed by atoms with Gasteiger partial charge in [0.25, 0.3) is 5.91 Å². The van der Waals surface area contributed by atoms with Gasteiger partial charge in [0.1, 0.15) is 4.92 Å². The lowest BCUT2D eigenvalue weighted by atomic mass is 10.1. The lowest BCUT2D eigenvalue weighted by molar-refractivity contribution is -0.402. The molecule has 3 rings (SSSR count). The molecule has 1 heterocycles. The Kier molecular flexibility index (Phi) is 5.19. The molecule has 2 aromatic carbocycles. The molecule has 0 spiro atoms. The maximum atomic E-state index is 12.4. The number of nitrogens with one attached hydrogen (secondary N) is 1. The fraction of sp³-hybridized carbons (Fsp3) is 0.0526. The Hall–Kier alpha value is -3.74. The lowest BCUT2D eigenvalue weighted by Gasteiger charge is -2.07. The zero-order chi connectivity index (χ0) is 18.4. The summed E-state index contributed by atoms with van der Waals surface area (Å²) in [5.74, 6) is -0.386. The van der Waals surface area contributed by atoms with E-state index in [0.29, 0.717) is 17.8 Å². The molecule has 0 atom stereocenters. The number of amides is 1. The van der Waals surface area contributed by atoms with Crippen molar-refractivity contribution >= 4 is 23.7 Å². The third-order valence-electron chi connectivity index (χ3n) is 3.57. The van der Waals surface area contributed by atoms with Crippen molar-refractivity contribution in [3.8, 4) is 0 Å². The summed E-state index contributed by atoms with van der Waals surface area (Å²) in [4.78, 5) is 26.7. The Balaban J connectivity index is 1.73. The molecule has 0 aliphatic rings. The number of nitro groups is 1. The van der Waals surface area contributed by atoms with Crippen molar-refractivity contribution in [2.24, 2.45) is 4.99 Å². The van der Waals surface area contributed by atoms with Crippen molar-refractivity contribution < 1.29 is 14.1 Å². The highest BCUT2D eigenvalue weighted by Gasteiger charge is 2.12. The van der Waals surface area contributed by atoms with E-state index in [1.54, 1.807) is 24.3 Å². The van der Waals surface area contributed by atoms with E-state index >= 15 is 0 Å². The van der Waals surface area contributed by atoms with E-state index in [-0.39, 0.29) is 17.6 Å². The Bertz CT molecular complexity index is 948. The number of hydrogen-bond acceptors (Lipinski definition) is 5. The highest BCUT2D eigenvalue weighted by Crippen LogP contribution is 2.20. The van der Waals surface area contributed by atoms with Gasteiger partial charge in [0.05, 0.1) is 23.5 Å². The maximum absolute atomic E-state index is 12.4. The van der Waals surface area contributed by atoms with Crippen LogP contribution in [0, 0.1) is 10.1 Å². The minimum atomic E-state index is -0.623. The average molecular weight is 349 g/mol. The number of carbonyl (C=O) groups excluding carboxylic acids is 1. The first-order valence-corrected chi connectivity index (χ1v) is 7.83. The molecule has 0 bridgehead atoms. The average Bonchev–Trinajstić information content (AvgIpc) is 3.15. The van der Waals surface area contributed by atoms with Gasteiger partial charge in [-0.25, -0.2) is 0 Å². The molecule has 1 aromatic heterocycles. The van der Waals surface area contributed by atoms with Crippen LogP contribution < -0.4 is 5.32 Å². The standard InChI is InChI=1S/C19H15N3O4/c23-19(21-12-14-6-2-1-3-7-14)16-8-4-5-9-17(16)20-13-15-10-11-18(26-15)22(24)25/h1-11,13H,12H2,(H,21,23). The molecule has 0 fully saturated rings. The first kappa shape index (κ1) is 17.1. The molecule has 0 saturated carbocycles. The molecular formula is C19H15N3O4. The van der Waals surface area contributed by atoms with E-state index in [4.69, 9.17) is 4.42 Å². The fourth-order valence-electron chi connectivity index (χ4n) is 2.29. The molecule has 26 heavy (non-hydrogen) atoms. The molecule has 0 aliphatic heterocycles. The normalized spacial score (nSPS) is 10.8. The summed E-state index contributed by atoms with van der Waals surface area (Å²) in [5.41, 5.74) is 1.84. The van der Waals surface area contributed by atoms with Gasteiger partial charge < -0.3 is 9.73 Å². The van der Waals surface area contributed by atoms with Crippen LogP contribution in [-0.4, -0.2) is 17.0 Å². The molecule has 130 valence electrons. The number of carbonyl (C=O) groups is 1. The quantitative estimate of drug-likeness (QED) is 0.415. The summed E-state index contributed by atoms with van der Waals surface area (Å²) in [5, 5.41) is 13.5. The zero-order valence-electron chi connectivity index (χ0n) is 13.7. The second kappa shape index (κ2) is 7.89. The van der Waals surface area contributed by atoms with Gasteiger partial charge in [-0.15, -0.1) is 0 Å². The van der Waals surface area contributed by atoms with Crippen LogP contribution in [0.1, 0.15) is 21.7 Å². The van der Waals surface area contributed by atoms with Gasteiger partial charge in [-0.1, -0.05) is 42.5 Å². The van der Waals surface area contributed by atoms with E-state index in [1.807, 2.05) is 30.3 Å². The first-order chi connectivity index (χ1) is 12.6. The maximum Gasteiger partial charge on any atom is 0.433 e. The topological polar surface area (TPSA) is 97.7 Å². The molecule has 0 unspecified atom stereocenters. The van der Waals surface area contributed by atoms with Gasteiger partial charge in [-0.05, 0) is 23.8 Å². The van der Waals surface area contributed by atoms with Crippen molar-refractivity contribution in [1.29, 1.82) is 0 Å². The summed E-state index contributed by atoms with van der Waals surface area (Å²) in [6, 6.07) is 19.1. The minimum Gasteiger partial charge on any atom is -0.400 e. The number of hydrogen-bond donors (Lipinski definition) is 1. The number of para-hydroxylation sites is 1. The Morgan fingerprint density at radius 3 is 2.54 bits per heavy atom. The Morgan fingerprint density at radius 1 is 1.08 bits per heavy atom. The molecule has 1 N–H and O–H groups in total. The van der Waals surface area contributed by atoms with Crippen LogP contribution in [0.2, 0.25) is 0 Å². The van der Waals surface area contributed by atoms with Crippen molar-refractivity contribution in [3.05, 3.63) is 93.7 Å². The molecule has 0 radical (unpaired) electrons. The van der Waals surface area contributed by atoms with E-state index in [2.05, 4.69) is 10.3 Å². The predicted molar refractivity (Wildman–Crippen MR) is 96.7 cm³/mol. The van der Waals surface area contributed by atoms with E-state index in [1.165, 1.54) is 18.3 Å². The zero-order valence-corrected chi connectivity index (χ0v) is 13.7. The summed E-state index contributed by atoms with van der Waals surface area (Å²) in [6.07, 6.45) is 1.34. The van der Waals surface area contributed by atoms with Crippen LogP contribution in [0.15, 0.2) is 76.1 Å². The largest absolute Gasteiger partial charge is 0.433 e. The molecule has 7 heteroatoms. The van der Waals surface area contributed by atoms with Crippen LogP contribution in [-0.2, 0) is 6.54 Å². The summed E-state index contributed by atoms with van der Waals surface area (Å²) in [6.45, 7) is 0.405. The number of furan rings is 1. The second-order valence-corrected chi connectivity index (χ2v) is 5.38. The van der Waals surface area contributed by atoms with Crippen LogP contribution in [0.25, 0.3) is 0 Å².